The largest absolute Gasteiger partial charge is 0.479 e. The summed E-state index contributed by atoms with van der Waals surface area (Å²) in [6.45, 7) is 2.42. The van der Waals surface area contributed by atoms with Gasteiger partial charge < -0.3 is 25.7 Å². The van der Waals surface area contributed by atoms with Gasteiger partial charge in [0, 0.05) is 26.6 Å². The van der Waals surface area contributed by atoms with E-state index in [-0.39, 0.29) is 25.4 Å². The van der Waals surface area contributed by atoms with Crippen LogP contribution in [0.15, 0.2) is 0 Å². The van der Waals surface area contributed by atoms with Gasteiger partial charge in [0.15, 0.2) is 6.10 Å². The molecule has 0 spiro atoms. The zero-order valence-electron chi connectivity index (χ0n) is 11.2. The smallest absolute Gasteiger partial charge is 0.332 e. The minimum Gasteiger partial charge on any atom is -0.479 e. The van der Waals surface area contributed by atoms with Gasteiger partial charge in [-0.2, -0.15) is 0 Å². The van der Waals surface area contributed by atoms with Crippen molar-refractivity contribution in [2.24, 2.45) is 0 Å². The van der Waals surface area contributed by atoms with Crippen LogP contribution in [-0.4, -0.2) is 65.8 Å². The lowest BCUT2D eigenvalue weighted by Gasteiger charge is -2.17. The summed E-state index contributed by atoms with van der Waals surface area (Å²) in [5.74, 6) is -1.59. The minimum atomic E-state index is -1.50. The Hall–Kier alpha value is -1.83. The third-order valence-corrected chi connectivity index (χ3v) is 2.28. The fourth-order valence-electron chi connectivity index (χ4n) is 1.18. The van der Waals surface area contributed by atoms with Crippen LogP contribution >= 0.6 is 0 Å². The van der Waals surface area contributed by atoms with Gasteiger partial charge in [0.25, 0.3) is 0 Å². The van der Waals surface area contributed by atoms with Gasteiger partial charge in [0.2, 0.25) is 5.91 Å². The molecule has 0 radical (unpaired) electrons. The number of hydrogen-bond donors (Lipinski definition) is 4. The predicted octanol–water partition coefficient (Wildman–Crippen LogP) is -1.01. The molecule has 0 rings (SSSR count). The molecule has 1 atom stereocenters. The second kappa shape index (κ2) is 9.15. The zero-order valence-corrected chi connectivity index (χ0v) is 11.2. The second-order valence-electron chi connectivity index (χ2n) is 4.08. The van der Waals surface area contributed by atoms with Gasteiger partial charge in [-0.3, -0.25) is 4.79 Å². The number of nitrogens with zero attached hydrogens (tertiary/aromatic N) is 1. The number of carbonyl (C=O) groups excluding carboxylic acids is 2. The van der Waals surface area contributed by atoms with Crippen LogP contribution in [0.3, 0.4) is 0 Å². The Labute approximate surface area is 111 Å². The summed E-state index contributed by atoms with van der Waals surface area (Å²) in [7, 11) is 1.45. The lowest BCUT2D eigenvalue weighted by molar-refractivity contribution is -0.146. The number of rotatable bonds is 8. The molecule has 8 heteroatoms. The summed E-state index contributed by atoms with van der Waals surface area (Å²) in [5, 5.41) is 22.5. The number of aliphatic hydroxyl groups is 1. The van der Waals surface area contributed by atoms with Crippen LogP contribution in [0, 0.1) is 0 Å². The summed E-state index contributed by atoms with van der Waals surface area (Å²) >= 11 is 0. The van der Waals surface area contributed by atoms with Crippen molar-refractivity contribution in [3.63, 3.8) is 0 Å². The van der Waals surface area contributed by atoms with Crippen molar-refractivity contribution in [2.75, 3.05) is 26.7 Å². The Morgan fingerprint density at radius 1 is 1.21 bits per heavy atom. The predicted molar refractivity (Wildman–Crippen MR) is 67.6 cm³/mol. The number of amides is 3. The molecule has 0 aliphatic carbocycles. The van der Waals surface area contributed by atoms with E-state index in [4.69, 9.17) is 10.2 Å². The average molecular weight is 275 g/mol. The Bertz CT molecular complexity index is 321. The summed E-state index contributed by atoms with van der Waals surface area (Å²) in [6, 6.07) is -0.496. The number of urea groups is 1. The highest BCUT2D eigenvalue weighted by molar-refractivity contribution is 5.83. The van der Waals surface area contributed by atoms with E-state index < -0.39 is 18.1 Å². The normalized spacial score (nSPS) is 11.5. The second-order valence-corrected chi connectivity index (χ2v) is 4.08. The standard InChI is InChI=1S/C11H21N3O5/c1-3-5-12-9(16)7-14(2)11(19)13-6-4-8(15)10(17)18/h8,15H,3-7H2,1-2H3,(H,12,16)(H,13,19)(H,17,18)/t8-/m0/s1. The molecule has 0 aliphatic rings. The Kier molecular flexibility index (Phi) is 8.27. The fourth-order valence-corrected chi connectivity index (χ4v) is 1.18. The summed E-state index contributed by atoms with van der Waals surface area (Å²) in [5.41, 5.74) is 0. The number of aliphatic hydroxyl groups excluding tert-OH is 1. The fraction of sp³-hybridized carbons (Fsp3) is 0.727. The first-order valence-corrected chi connectivity index (χ1v) is 6.05. The first-order chi connectivity index (χ1) is 8.88. The molecule has 0 saturated carbocycles. The maximum atomic E-state index is 11.5. The van der Waals surface area contributed by atoms with Gasteiger partial charge in [-0.05, 0) is 6.42 Å². The molecule has 3 amide bonds. The molecule has 8 nitrogen and oxygen atoms in total. The molecule has 0 aromatic rings. The number of aliphatic carboxylic acids is 1. The molecule has 0 aliphatic heterocycles. The van der Waals surface area contributed by atoms with Crippen LogP contribution in [0.1, 0.15) is 19.8 Å². The third kappa shape index (κ3) is 7.98. The molecule has 4 N–H and O–H groups in total. The first-order valence-electron chi connectivity index (χ1n) is 6.05. The van der Waals surface area contributed by atoms with E-state index >= 15 is 0 Å². The van der Waals surface area contributed by atoms with Crippen molar-refractivity contribution in [3.8, 4) is 0 Å². The molecule has 0 bridgehead atoms. The summed E-state index contributed by atoms with van der Waals surface area (Å²) in [4.78, 5) is 34.4. The Morgan fingerprint density at radius 2 is 1.84 bits per heavy atom. The van der Waals surface area contributed by atoms with Crippen molar-refractivity contribution in [1.82, 2.24) is 15.5 Å². The number of carboxylic acids is 1. The molecule has 0 heterocycles. The van der Waals surface area contributed by atoms with Gasteiger partial charge in [-0.25, -0.2) is 9.59 Å². The average Bonchev–Trinajstić information content (AvgIpc) is 2.35. The Morgan fingerprint density at radius 3 is 2.37 bits per heavy atom. The molecule has 19 heavy (non-hydrogen) atoms. The molecule has 0 fully saturated rings. The SMILES string of the molecule is CCCNC(=O)CN(C)C(=O)NCC[C@H](O)C(=O)O. The van der Waals surface area contributed by atoms with E-state index in [1.54, 1.807) is 0 Å². The Balaban J connectivity index is 3.87. The van der Waals surface area contributed by atoms with E-state index in [2.05, 4.69) is 10.6 Å². The van der Waals surface area contributed by atoms with Crippen LogP contribution in [0.2, 0.25) is 0 Å². The highest BCUT2D eigenvalue weighted by Gasteiger charge is 2.15. The molecular weight excluding hydrogens is 254 g/mol. The molecule has 110 valence electrons. The van der Waals surface area contributed by atoms with E-state index in [1.807, 2.05) is 6.92 Å². The number of carboxylic acid groups (broad SMARTS) is 1. The lowest BCUT2D eigenvalue weighted by atomic mass is 10.2. The van der Waals surface area contributed by atoms with Gasteiger partial charge in [0.1, 0.15) is 6.54 Å². The molecule has 0 aromatic heterocycles. The zero-order chi connectivity index (χ0) is 14.8. The van der Waals surface area contributed by atoms with E-state index in [0.717, 1.165) is 6.42 Å². The number of carbonyl (C=O) groups is 3. The maximum absolute atomic E-state index is 11.5. The van der Waals surface area contributed by atoms with Crippen molar-refractivity contribution >= 4 is 17.9 Å². The van der Waals surface area contributed by atoms with Gasteiger partial charge >= 0.3 is 12.0 Å². The van der Waals surface area contributed by atoms with Crippen LogP contribution in [0.25, 0.3) is 0 Å². The van der Waals surface area contributed by atoms with Gasteiger partial charge in [0.05, 0.1) is 0 Å². The van der Waals surface area contributed by atoms with Gasteiger partial charge in [-0.15, -0.1) is 0 Å². The summed E-state index contributed by atoms with van der Waals surface area (Å²) in [6.07, 6.45) is -0.774. The van der Waals surface area contributed by atoms with Crippen LogP contribution in [0.5, 0.6) is 0 Å². The van der Waals surface area contributed by atoms with E-state index in [0.29, 0.717) is 6.54 Å². The highest BCUT2D eigenvalue weighted by Crippen LogP contribution is 1.91. The van der Waals surface area contributed by atoms with E-state index in [9.17, 15) is 14.4 Å². The van der Waals surface area contributed by atoms with Crippen LogP contribution in [0.4, 0.5) is 4.79 Å². The highest BCUT2D eigenvalue weighted by atomic mass is 16.4. The van der Waals surface area contributed by atoms with Crippen molar-refractivity contribution < 1.29 is 24.6 Å². The third-order valence-electron chi connectivity index (χ3n) is 2.28. The first kappa shape index (κ1) is 17.2. The number of nitrogens with one attached hydrogen (secondary N) is 2. The molecule has 0 saturated heterocycles. The lowest BCUT2D eigenvalue weighted by Crippen LogP contribution is -2.44. The number of likely N-dealkylation sites (N-methyl/N-ethyl adjacent to an activating group) is 1. The number of hydrogen-bond acceptors (Lipinski definition) is 4. The summed E-state index contributed by atoms with van der Waals surface area (Å²) < 4.78 is 0. The van der Waals surface area contributed by atoms with Crippen molar-refractivity contribution in [2.45, 2.75) is 25.9 Å². The van der Waals surface area contributed by atoms with Crippen molar-refractivity contribution in [3.05, 3.63) is 0 Å². The van der Waals surface area contributed by atoms with E-state index in [1.165, 1.54) is 11.9 Å². The molecule has 0 aromatic carbocycles. The maximum Gasteiger partial charge on any atom is 0.332 e. The van der Waals surface area contributed by atoms with Crippen LogP contribution in [-0.2, 0) is 9.59 Å². The topological polar surface area (TPSA) is 119 Å². The molecular formula is C11H21N3O5. The van der Waals surface area contributed by atoms with Crippen molar-refractivity contribution in [1.29, 1.82) is 0 Å². The molecule has 0 unspecified atom stereocenters. The quantitative estimate of drug-likeness (QED) is 0.452. The monoisotopic (exact) mass is 275 g/mol. The van der Waals surface area contributed by atoms with Crippen LogP contribution < -0.4 is 10.6 Å². The minimum absolute atomic E-state index is 0.0211. The van der Waals surface area contributed by atoms with Gasteiger partial charge in [-0.1, -0.05) is 6.92 Å².